The first kappa shape index (κ1) is 33.8. The monoisotopic (exact) mass is 614 g/mol. The fraction of sp³-hybridized carbons (Fsp3) is 0.714. The maximum atomic E-state index is 14.5. The molecule has 1 fully saturated rings. The quantitative estimate of drug-likeness (QED) is 0.210. The van der Waals surface area contributed by atoms with E-state index in [2.05, 4.69) is 9.05 Å². The van der Waals surface area contributed by atoms with Crippen LogP contribution in [0.3, 0.4) is 0 Å². The van der Waals surface area contributed by atoms with Crippen LogP contribution < -0.4 is 0 Å². The summed E-state index contributed by atoms with van der Waals surface area (Å²) in [5, 5.41) is 0. The second-order valence-electron chi connectivity index (χ2n) is 8.38. The summed E-state index contributed by atoms with van der Waals surface area (Å²) in [5.41, 5.74) is -13.9. The zero-order valence-electron chi connectivity index (χ0n) is 21.0. The molecular weight excluding hydrogens is 587 g/mol. The van der Waals surface area contributed by atoms with E-state index in [1.165, 1.54) is 30.3 Å². The van der Waals surface area contributed by atoms with E-state index >= 15 is 0 Å². The Morgan fingerprint density at radius 2 is 0.923 bits per heavy atom. The molecule has 1 aromatic carbocycles. The van der Waals surface area contributed by atoms with Crippen molar-refractivity contribution in [3.63, 3.8) is 0 Å². The summed E-state index contributed by atoms with van der Waals surface area (Å²) < 4.78 is 189. The Morgan fingerprint density at radius 1 is 0.615 bits per heavy atom. The minimum absolute atomic E-state index is 0.00542. The van der Waals surface area contributed by atoms with E-state index in [-0.39, 0.29) is 5.56 Å². The average molecular weight is 614 g/mol. The van der Waals surface area contributed by atoms with Crippen molar-refractivity contribution in [2.75, 3.05) is 26.2 Å². The topological polar surface area (TPSA) is 34.2 Å². The molecule has 0 spiro atoms. The summed E-state index contributed by atoms with van der Waals surface area (Å²) in [6.45, 7) is 0.453. The van der Waals surface area contributed by atoms with Crippen LogP contribution in [-0.2, 0) is 20.2 Å². The SMILES string of the molecule is CCN(CC)P1(OCc2ccccc2)(N(CC)CC)OC(C(F)(F)F)(C(F)(F)F)C(C(F)(F)F)(C(F)(F)F)O1. The molecule has 18 heteroatoms. The number of nitrogens with zero attached hydrogens (tertiary/aromatic N) is 2. The van der Waals surface area contributed by atoms with Gasteiger partial charge in [-0.05, 0) is 0 Å². The van der Waals surface area contributed by atoms with E-state index in [1.807, 2.05) is 0 Å². The molecule has 0 amide bonds. The molecule has 39 heavy (non-hydrogen) atoms. The molecule has 0 bridgehead atoms. The Bertz CT molecular complexity index is 890. The number of halogens is 12. The number of benzene rings is 1. The van der Waals surface area contributed by atoms with Crippen LogP contribution in [0.4, 0.5) is 52.7 Å². The van der Waals surface area contributed by atoms with Gasteiger partial charge in [0.2, 0.25) is 0 Å². The zero-order valence-corrected chi connectivity index (χ0v) is 21.9. The summed E-state index contributed by atoms with van der Waals surface area (Å²) in [6, 6.07) is 6.66. The third-order valence-corrected chi connectivity index (χ3v) is 11.1. The van der Waals surface area contributed by atoms with E-state index in [0.29, 0.717) is 9.34 Å². The molecule has 1 aromatic rings. The first-order valence-electron chi connectivity index (χ1n) is 11.5. The maximum absolute atomic E-state index is 14.5. The summed E-state index contributed by atoms with van der Waals surface area (Å²) in [6.07, 6.45) is -29.4. The first-order chi connectivity index (χ1) is 17.6. The normalized spacial score (nSPS) is 22.2. The zero-order chi connectivity index (χ0) is 30.4. The molecule has 0 unspecified atom stereocenters. The second-order valence-corrected chi connectivity index (χ2v) is 11.7. The van der Waals surface area contributed by atoms with E-state index in [4.69, 9.17) is 4.52 Å². The van der Waals surface area contributed by atoms with Crippen molar-refractivity contribution in [2.45, 2.75) is 70.2 Å². The van der Waals surface area contributed by atoms with E-state index < -0.39 is 76.3 Å². The van der Waals surface area contributed by atoms with Gasteiger partial charge in [0.15, 0.2) is 0 Å². The van der Waals surface area contributed by atoms with Gasteiger partial charge in [0.05, 0.1) is 0 Å². The third kappa shape index (κ3) is 4.70. The molecule has 1 aliphatic heterocycles. The van der Waals surface area contributed by atoms with Crippen LogP contribution in [-0.4, -0.2) is 71.4 Å². The summed E-state index contributed by atoms with van der Waals surface area (Å²) >= 11 is 0. The summed E-state index contributed by atoms with van der Waals surface area (Å²) in [4.78, 5) is 0. The van der Waals surface area contributed by atoms with E-state index in [0.717, 1.165) is 27.7 Å². The van der Waals surface area contributed by atoms with Crippen molar-refractivity contribution < 1.29 is 66.3 Å². The Hall–Kier alpha value is -1.39. The average Bonchev–Trinajstić information content (AvgIpc) is 3.13. The van der Waals surface area contributed by atoms with Crippen LogP contribution in [0, 0.1) is 0 Å². The third-order valence-electron chi connectivity index (χ3n) is 6.38. The van der Waals surface area contributed by atoms with Crippen molar-refractivity contribution in [2.24, 2.45) is 0 Å². The van der Waals surface area contributed by atoms with Gasteiger partial charge in [-0.2, -0.15) is 0 Å². The molecule has 1 heterocycles. The van der Waals surface area contributed by atoms with E-state index in [9.17, 15) is 52.7 Å². The van der Waals surface area contributed by atoms with Gasteiger partial charge < -0.3 is 0 Å². The van der Waals surface area contributed by atoms with Crippen molar-refractivity contribution >= 4 is 7.59 Å². The van der Waals surface area contributed by atoms with Crippen LogP contribution in [0.15, 0.2) is 30.3 Å². The van der Waals surface area contributed by atoms with Gasteiger partial charge in [-0.15, -0.1) is 0 Å². The fourth-order valence-corrected chi connectivity index (χ4v) is 9.88. The van der Waals surface area contributed by atoms with Crippen LogP contribution in [0.2, 0.25) is 0 Å². The molecule has 0 aromatic heterocycles. The van der Waals surface area contributed by atoms with Crippen LogP contribution >= 0.6 is 7.59 Å². The van der Waals surface area contributed by atoms with Gasteiger partial charge in [0.25, 0.3) is 0 Å². The molecule has 0 radical (unpaired) electrons. The van der Waals surface area contributed by atoms with E-state index in [1.54, 1.807) is 0 Å². The van der Waals surface area contributed by atoms with Gasteiger partial charge >= 0.3 is 215 Å². The first-order valence-corrected chi connectivity index (χ1v) is 13.4. The predicted octanol–water partition coefficient (Wildman–Crippen LogP) is 7.79. The number of rotatable bonds is 9. The van der Waals surface area contributed by atoms with Gasteiger partial charge in [-0.1, -0.05) is 0 Å². The molecule has 0 aliphatic carbocycles. The van der Waals surface area contributed by atoms with Gasteiger partial charge in [-0.25, -0.2) is 0 Å². The van der Waals surface area contributed by atoms with Crippen LogP contribution in [0.1, 0.15) is 33.3 Å². The number of hydrogen-bond donors (Lipinski definition) is 0. The molecule has 5 nitrogen and oxygen atoms in total. The second kappa shape index (κ2) is 10.5. The van der Waals surface area contributed by atoms with Crippen molar-refractivity contribution in [1.29, 1.82) is 0 Å². The molecule has 228 valence electrons. The molecule has 2 rings (SSSR count). The Kier molecular flexibility index (Phi) is 9.07. The fourth-order valence-electron chi connectivity index (χ4n) is 4.72. The molecular formula is C21H27F12N2O3P. The number of alkyl halides is 12. The summed E-state index contributed by atoms with van der Waals surface area (Å²) in [5.74, 6) is 0. The van der Waals surface area contributed by atoms with Crippen LogP contribution in [0.5, 0.6) is 0 Å². The molecule has 0 atom stereocenters. The van der Waals surface area contributed by atoms with Gasteiger partial charge in [-0.3, -0.25) is 0 Å². The standard InChI is InChI=1S/C21H27F12N2O3P/c1-5-34(6-2)39(35(7-3)8-4,36-14-15-12-10-9-11-13-15)37-16(18(22,23)24,19(25,26)27)17(38-39,20(28,29)30)21(31,32)33/h9-13H,5-8,14H2,1-4H3. The molecule has 0 N–H and O–H groups in total. The van der Waals surface area contributed by atoms with Crippen molar-refractivity contribution in [3.05, 3.63) is 35.9 Å². The minimum atomic E-state index is -7.35. The van der Waals surface area contributed by atoms with Gasteiger partial charge in [0.1, 0.15) is 0 Å². The molecule has 1 saturated heterocycles. The Balaban J connectivity index is 3.27. The van der Waals surface area contributed by atoms with Crippen molar-refractivity contribution in [1.82, 2.24) is 9.34 Å². The Labute approximate surface area is 216 Å². The van der Waals surface area contributed by atoms with Gasteiger partial charge in [0, 0.05) is 0 Å². The van der Waals surface area contributed by atoms with Crippen molar-refractivity contribution in [3.8, 4) is 0 Å². The number of hydrogen-bond acceptors (Lipinski definition) is 5. The summed E-state index contributed by atoms with van der Waals surface area (Å²) in [7, 11) is -7.08. The Morgan fingerprint density at radius 3 is 1.18 bits per heavy atom. The molecule has 1 aliphatic rings. The molecule has 0 saturated carbocycles. The predicted molar refractivity (Wildman–Crippen MR) is 116 cm³/mol. The van der Waals surface area contributed by atoms with Crippen LogP contribution in [0.25, 0.3) is 0 Å².